The highest BCUT2D eigenvalue weighted by molar-refractivity contribution is 7.84. The maximum atomic E-state index is 12.8. The Morgan fingerprint density at radius 3 is 2.74 bits per heavy atom. The van der Waals surface area contributed by atoms with Crippen LogP contribution in [0, 0.1) is 0 Å². The fourth-order valence-electron chi connectivity index (χ4n) is 2.58. The molecule has 0 fully saturated rings. The van der Waals surface area contributed by atoms with Crippen molar-refractivity contribution in [3.8, 4) is 11.5 Å². The van der Waals surface area contributed by atoms with Crippen molar-refractivity contribution in [2.75, 3.05) is 20.8 Å². The molecule has 1 aromatic carbocycles. The maximum Gasteiger partial charge on any atom is 0.338 e. The average molecular weight is 389 g/mol. The third-order valence-corrected chi connectivity index (χ3v) is 4.98. The van der Waals surface area contributed by atoms with Gasteiger partial charge in [-0.05, 0) is 25.1 Å². The highest BCUT2D eigenvalue weighted by Gasteiger charge is 2.18. The van der Waals surface area contributed by atoms with Gasteiger partial charge >= 0.3 is 5.97 Å². The number of aromatic amines is 1. The average Bonchev–Trinajstić information content (AvgIpc) is 3.11. The maximum absolute atomic E-state index is 12.8. The van der Waals surface area contributed by atoms with Crippen LogP contribution < -0.4 is 9.47 Å². The van der Waals surface area contributed by atoms with Crippen LogP contribution in [0.25, 0.3) is 11.0 Å². The van der Waals surface area contributed by atoms with Gasteiger partial charge in [0.25, 0.3) is 0 Å². The van der Waals surface area contributed by atoms with E-state index in [1.165, 1.54) is 14.2 Å². The van der Waals surface area contributed by atoms with Crippen LogP contribution in [-0.2, 0) is 21.3 Å². The van der Waals surface area contributed by atoms with Gasteiger partial charge in [-0.1, -0.05) is 0 Å². The minimum absolute atomic E-state index is 0.102. The number of hydrogen-bond donors (Lipinski definition) is 1. The van der Waals surface area contributed by atoms with E-state index >= 15 is 0 Å². The number of pyridine rings is 1. The van der Waals surface area contributed by atoms with Crippen molar-refractivity contribution in [3.63, 3.8) is 0 Å². The Morgan fingerprint density at radius 1 is 1.22 bits per heavy atom. The second-order valence-corrected chi connectivity index (χ2v) is 6.84. The standard InChI is InChI=1S/C18H19N3O5S/c1-4-26-17(22)11-5-6-12-13(9-11)21-18(20-12)27(23)10-14-16(25-3)15(24-2)7-8-19-14/h5-9H,4,10H2,1-3H3,(H,20,21). The van der Waals surface area contributed by atoms with Gasteiger partial charge in [-0.15, -0.1) is 0 Å². The third kappa shape index (κ3) is 3.92. The molecule has 0 aliphatic rings. The summed E-state index contributed by atoms with van der Waals surface area (Å²) in [7, 11) is 1.54. The number of nitrogens with one attached hydrogen (secondary N) is 1. The van der Waals surface area contributed by atoms with Crippen LogP contribution in [0.2, 0.25) is 0 Å². The van der Waals surface area contributed by atoms with Crippen molar-refractivity contribution in [2.45, 2.75) is 17.8 Å². The molecule has 0 amide bonds. The summed E-state index contributed by atoms with van der Waals surface area (Å²) in [6.07, 6.45) is 1.57. The molecule has 142 valence electrons. The molecule has 0 aliphatic heterocycles. The lowest BCUT2D eigenvalue weighted by atomic mass is 10.2. The van der Waals surface area contributed by atoms with Gasteiger partial charge in [0.15, 0.2) is 16.7 Å². The Hall–Kier alpha value is -2.94. The van der Waals surface area contributed by atoms with Crippen LogP contribution in [0.5, 0.6) is 11.5 Å². The minimum Gasteiger partial charge on any atom is -0.493 e. The zero-order chi connectivity index (χ0) is 19.4. The predicted molar refractivity (Wildman–Crippen MR) is 99.5 cm³/mol. The first-order valence-corrected chi connectivity index (χ1v) is 9.50. The van der Waals surface area contributed by atoms with Gasteiger partial charge in [0.1, 0.15) is 0 Å². The largest absolute Gasteiger partial charge is 0.493 e. The Bertz CT molecular complexity index is 1000. The van der Waals surface area contributed by atoms with Gasteiger partial charge in [-0.25, -0.2) is 9.78 Å². The Morgan fingerprint density at radius 2 is 2.04 bits per heavy atom. The number of benzene rings is 1. The first-order valence-electron chi connectivity index (χ1n) is 8.18. The highest BCUT2D eigenvalue weighted by Crippen LogP contribution is 2.30. The minimum atomic E-state index is -1.49. The van der Waals surface area contributed by atoms with Crippen molar-refractivity contribution < 1.29 is 23.2 Å². The second-order valence-electron chi connectivity index (χ2n) is 5.48. The fourth-order valence-corrected chi connectivity index (χ4v) is 3.60. The topological polar surface area (TPSA) is 103 Å². The quantitative estimate of drug-likeness (QED) is 0.619. The Labute approximate surface area is 158 Å². The lowest BCUT2D eigenvalue weighted by Gasteiger charge is -2.10. The summed E-state index contributed by atoms with van der Waals surface area (Å²) in [4.78, 5) is 23.4. The molecular weight excluding hydrogens is 370 g/mol. The van der Waals surface area contributed by atoms with E-state index in [4.69, 9.17) is 14.2 Å². The Balaban J connectivity index is 1.87. The monoisotopic (exact) mass is 389 g/mol. The second kappa shape index (κ2) is 8.17. The molecule has 0 bridgehead atoms. The molecule has 8 nitrogen and oxygen atoms in total. The number of carbonyl (C=O) groups excluding carboxylic acids is 1. The number of nitrogens with zero attached hydrogens (tertiary/aromatic N) is 2. The number of rotatable bonds is 7. The number of hydrogen-bond acceptors (Lipinski definition) is 7. The number of ether oxygens (including phenoxy) is 3. The van der Waals surface area contributed by atoms with E-state index < -0.39 is 16.8 Å². The van der Waals surface area contributed by atoms with Crippen LogP contribution in [0.3, 0.4) is 0 Å². The molecule has 27 heavy (non-hydrogen) atoms. The van der Waals surface area contributed by atoms with E-state index in [0.29, 0.717) is 40.4 Å². The van der Waals surface area contributed by atoms with Gasteiger partial charge < -0.3 is 19.2 Å². The Kier molecular flexibility index (Phi) is 5.70. The molecular formula is C18H19N3O5S. The van der Waals surface area contributed by atoms with Crippen molar-refractivity contribution in [1.82, 2.24) is 15.0 Å². The van der Waals surface area contributed by atoms with Crippen molar-refractivity contribution in [2.24, 2.45) is 0 Å². The molecule has 9 heteroatoms. The third-order valence-electron chi connectivity index (χ3n) is 3.82. The van der Waals surface area contributed by atoms with Crippen LogP contribution in [0.1, 0.15) is 23.0 Å². The van der Waals surface area contributed by atoms with E-state index in [9.17, 15) is 9.00 Å². The van der Waals surface area contributed by atoms with Crippen LogP contribution in [-0.4, -0.2) is 46.0 Å². The molecule has 0 spiro atoms. The molecule has 0 aliphatic carbocycles. The molecule has 2 aromatic heterocycles. The lowest BCUT2D eigenvalue weighted by Crippen LogP contribution is -2.04. The number of H-pyrrole nitrogens is 1. The van der Waals surface area contributed by atoms with Gasteiger partial charge in [0.2, 0.25) is 0 Å². The van der Waals surface area contributed by atoms with Crippen LogP contribution in [0.15, 0.2) is 35.6 Å². The summed E-state index contributed by atoms with van der Waals surface area (Å²) in [6, 6.07) is 6.61. The first-order chi connectivity index (χ1) is 13.1. The summed E-state index contributed by atoms with van der Waals surface area (Å²) in [5, 5.41) is 0.290. The molecule has 2 heterocycles. The molecule has 3 rings (SSSR count). The van der Waals surface area contributed by atoms with Crippen molar-refractivity contribution in [1.29, 1.82) is 0 Å². The summed E-state index contributed by atoms with van der Waals surface area (Å²) < 4.78 is 28.3. The number of esters is 1. The summed E-state index contributed by atoms with van der Waals surface area (Å²) in [5.41, 5.74) is 2.12. The van der Waals surface area contributed by atoms with E-state index in [0.717, 1.165) is 0 Å². The van der Waals surface area contributed by atoms with Gasteiger partial charge in [0.05, 0.1) is 59.7 Å². The fraction of sp³-hybridized carbons (Fsp3) is 0.278. The van der Waals surface area contributed by atoms with Crippen LogP contribution in [0.4, 0.5) is 0 Å². The van der Waals surface area contributed by atoms with E-state index in [-0.39, 0.29) is 10.9 Å². The van der Waals surface area contributed by atoms with E-state index in [1.807, 2.05) is 0 Å². The van der Waals surface area contributed by atoms with Gasteiger partial charge in [-0.3, -0.25) is 9.19 Å². The van der Waals surface area contributed by atoms with Gasteiger partial charge in [-0.2, -0.15) is 0 Å². The zero-order valence-corrected chi connectivity index (χ0v) is 16.0. The summed E-state index contributed by atoms with van der Waals surface area (Å²) >= 11 is 0. The van der Waals surface area contributed by atoms with Gasteiger partial charge in [0, 0.05) is 12.3 Å². The van der Waals surface area contributed by atoms with E-state index in [2.05, 4.69) is 15.0 Å². The van der Waals surface area contributed by atoms with E-state index in [1.54, 1.807) is 37.4 Å². The molecule has 0 saturated carbocycles. The molecule has 3 aromatic rings. The number of fused-ring (bicyclic) bond motifs is 1. The normalized spacial score (nSPS) is 12.0. The van der Waals surface area contributed by atoms with Crippen molar-refractivity contribution in [3.05, 3.63) is 41.7 Å². The number of aromatic nitrogens is 3. The lowest BCUT2D eigenvalue weighted by molar-refractivity contribution is 0.0526. The molecule has 1 N–H and O–H groups in total. The number of carbonyl (C=O) groups is 1. The first kappa shape index (κ1) is 18.8. The highest BCUT2D eigenvalue weighted by atomic mass is 32.2. The molecule has 0 radical (unpaired) electrons. The predicted octanol–water partition coefficient (Wildman–Crippen LogP) is 2.46. The smallest absolute Gasteiger partial charge is 0.338 e. The molecule has 0 saturated heterocycles. The number of methoxy groups -OCH3 is 2. The summed E-state index contributed by atoms with van der Waals surface area (Å²) in [5.74, 6) is 0.643. The number of imidazole rings is 1. The molecule has 1 unspecified atom stereocenters. The SMILES string of the molecule is CCOC(=O)c1ccc2nc(S(=O)Cc3nccc(OC)c3OC)[nH]c2c1. The van der Waals surface area contributed by atoms with Crippen molar-refractivity contribution >= 4 is 27.8 Å². The zero-order valence-electron chi connectivity index (χ0n) is 15.1. The summed E-state index contributed by atoms with van der Waals surface area (Å²) in [6.45, 7) is 2.04. The van der Waals surface area contributed by atoms with Crippen LogP contribution >= 0.6 is 0 Å². The molecule has 1 atom stereocenters.